The summed E-state index contributed by atoms with van der Waals surface area (Å²) in [4.78, 5) is 0. The zero-order chi connectivity index (χ0) is 11.7. The molecule has 0 bridgehead atoms. The quantitative estimate of drug-likeness (QED) is 0.758. The molecule has 0 amide bonds. The SMILES string of the molecule is OC1(COc2cccc(OCC3CO3)c2)CC1. The first kappa shape index (κ1) is 10.9. The summed E-state index contributed by atoms with van der Waals surface area (Å²) < 4.78 is 16.2. The average Bonchev–Trinajstić information content (AvgIpc) is 3.23. The lowest BCUT2D eigenvalue weighted by Gasteiger charge is -2.11. The van der Waals surface area contributed by atoms with Crippen LogP contribution in [0.2, 0.25) is 0 Å². The van der Waals surface area contributed by atoms with E-state index in [0.717, 1.165) is 30.9 Å². The molecule has 1 aromatic rings. The molecule has 4 heteroatoms. The van der Waals surface area contributed by atoms with Crippen molar-refractivity contribution in [2.24, 2.45) is 0 Å². The van der Waals surface area contributed by atoms with Crippen LogP contribution in [0.15, 0.2) is 24.3 Å². The highest BCUT2D eigenvalue weighted by Gasteiger charge is 2.41. The maximum atomic E-state index is 9.67. The van der Waals surface area contributed by atoms with Crippen molar-refractivity contribution in [3.63, 3.8) is 0 Å². The minimum Gasteiger partial charge on any atom is -0.491 e. The molecule has 17 heavy (non-hydrogen) atoms. The normalized spacial score (nSPS) is 24.2. The molecule has 0 spiro atoms. The summed E-state index contributed by atoms with van der Waals surface area (Å²) >= 11 is 0. The van der Waals surface area contributed by atoms with Crippen LogP contribution in [0, 0.1) is 0 Å². The van der Waals surface area contributed by atoms with Crippen molar-refractivity contribution >= 4 is 0 Å². The van der Waals surface area contributed by atoms with E-state index in [2.05, 4.69) is 0 Å². The molecule has 0 aromatic heterocycles. The number of aliphatic hydroxyl groups is 1. The Bertz CT molecular complexity index is 396. The molecule has 2 fully saturated rings. The summed E-state index contributed by atoms with van der Waals surface area (Å²) in [6.07, 6.45) is 1.93. The minimum atomic E-state index is -0.585. The van der Waals surface area contributed by atoms with Crippen molar-refractivity contribution in [3.8, 4) is 11.5 Å². The van der Waals surface area contributed by atoms with Gasteiger partial charge in [0, 0.05) is 6.07 Å². The van der Waals surface area contributed by atoms with Crippen molar-refractivity contribution in [1.29, 1.82) is 0 Å². The van der Waals surface area contributed by atoms with Gasteiger partial charge in [0.1, 0.15) is 30.8 Å². The Labute approximate surface area is 100 Å². The van der Waals surface area contributed by atoms with Gasteiger partial charge in [-0.05, 0) is 25.0 Å². The van der Waals surface area contributed by atoms with Crippen LogP contribution in [0.4, 0.5) is 0 Å². The Hall–Kier alpha value is -1.26. The Balaban J connectivity index is 1.53. The van der Waals surface area contributed by atoms with Gasteiger partial charge < -0.3 is 19.3 Å². The number of rotatable bonds is 6. The van der Waals surface area contributed by atoms with Gasteiger partial charge in [0.15, 0.2) is 0 Å². The van der Waals surface area contributed by atoms with Crippen LogP contribution < -0.4 is 9.47 Å². The molecular weight excluding hydrogens is 220 g/mol. The summed E-state index contributed by atoms with van der Waals surface area (Å²) in [5.74, 6) is 1.51. The van der Waals surface area contributed by atoms with Crippen molar-refractivity contribution in [2.75, 3.05) is 19.8 Å². The molecule has 1 saturated heterocycles. The van der Waals surface area contributed by atoms with E-state index in [9.17, 15) is 5.11 Å². The maximum Gasteiger partial charge on any atom is 0.123 e. The Kier molecular flexibility index (Phi) is 2.68. The summed E-state index contributed by atoms with van der Waals surface area (Å²) in [5, 5.41) is 9.67. The number of ether oxygens (including phenoxy) is 3. The van der Waals surface area contributed by atoms with Gasteiger partial charge in [-0.25, -0.2) is 0 Å². The zero-order valence-electron chi connectivity index (χ0n) is 9.59. The smallest absolute Gasteiger partial charge is 0.123 e. The van der Waals surface area contributed by atoms with Gasteiger partial charge in [-0.2, -0.15) is 0 Å². The van der Waals surface area contributed by atoms with Crippen molar-refractivity contribution in [1.82, 2.24) is 0 Å². The fraction of sp³-hybridized carbons (Fsp3) is 0.538. The van der Waals surface area contributed by atoms with Crippen molar-refractivity contribution in [2.45, 2.75) is 24.5 Å². The molecule has 3 rings (SSSR count). The second-order valence-corrected chi connectivity index (χ2v) is 4.75. The lowest BCUT2D eigenvalue weighted by molar-refractivity contribution is 0.0854. The predicted molar refractivity (Wildman–Crippen MR) is 61.4 cm³/mol. The molecule has 2 aliphatic rings. The molecular formula is C13H16O4. The van der Waals surface area contributed by atoms with Gasteiger partial charge in [-0.3, -0.25) is 0 Å². The first-order valence-corrected chi connectivity index (χ1v) is 5.93. The Morgan fingerprint density at radius 2 is 2.00 bits per heavy atom. The number of epoxide rings is 1. The number of hydrogen-bond acceptors (Lipinski definition) is 4. The maximum absolute atomic E-state index is 9.67. The van der Waals surface area contributed by atoms with E-state index < -0.39 is 5.60 Å². The van der Waals surface area contributed by atoms with E-state index in [1.54, 1.807) is 0 Å². The molecule has 1 N–H and O–H groups in total. The van der Waals surface area contributed by atoms with Gasteiger partial charge >= 0.3 is 0 Å². The molecule has 1 saturated carbocycles. The van der Waals surface area contributed by atoms with E-state index in [-0.39, 0.29) is 6.10 Å². The summed E-state index contributed by atoms with van der Waals surface area (Å²) in [7, 11) is 0. The summed E-state index contributed by atoms with van der Waals surface area (Å²) in [6, 6.07) is 7.48. The molecule has 1 aromatic carbocycles. The molecule has 1 heterocycles. The van der Waals surface area contributed by atoms with Crippen LogP contribution in [0.25, 0.3) is 0 Å². The molecule has 1 aliphatic heterocycles. The standard InChI is InChI=1S/C13H16O4/c14-13(4-5-13)9-17-11-3-1-2-10(6-11)15-7-12-8-16-12/h1-3,6,12,14H,4-5,7-9H2. The summed E-state index contributed by atoms with van der Waals surface area (Å²) in [6.45, 7) is 1.75. The molecule has 4 nitrogen and oxygen atoms in total. The third-order valence-electron chi connectivity index (χ3n) is 2.98. The molecule has 1 aliphatic carbocycles. The van der Waals surface area contributed by atoms with Crippen LogP contribution in [-0.4, -0.2) is 36.6 Å². The second-order valence-electron chi connectivity index (χ2n) is 4.75. The van der Waals surface area contributed by atoms with Crippen LogP contribution in [0.1, 0.15) is 12.8 Å². The minimum absolute atomic E-state index is 0.256. The van der Waals surface area contributed by atoms with E-state index in [4.69, 9.17) is 14.2 Å². The van der Waals surface area contributed by atoms with Gasteiger partial charge in [-0.1, -0.05) is 6.07 Å². The zero-order valence-corrected chi connectivity index (χ0v) is 9.59. The highest BCUT2D eigenvalue weighted by Crippen LogP contribution is 2.35. The van der Waals surface area contributed by atoms with Crippen LogP contribution in [0.3, 0.4) is 0 Å². The molecule has 0 radical (unpaired) electrons. The lowest BCUT2D eigenvalue weighted by atomic mass is 10.3. The molecule has 92 valence electrons. The molecule has 1 unspecified atom stereocenters. The highest BCUT2D eigenvalue weighted by atomic mass is 16.6. The highest BCUT2D eigenvalue weighted by molar-refractivity contribution is 5.33. The van der Waals surface area contributed by atoms with Crippen LogP contribution in [0.5, 0.6) is 11.5 Å². The van der Waals surface area contributed by atoms with Crippen LogP contribution >= 0.6 is 0 Å². The fourth-order valence-electron chi connectivity index (χ4n) is 1.51. The Morgan fingerprint density at radius 1 is 1.29 bits per heavy atom. The van der Waals surface area contributed by atoms with Gasteiger partial charge in [0.2, 0.25) is 0 Å². The van der Waals surface area contributed by atoms with E-state index >= 15 is 0 Å². The van der Waals surface area contributed by atoms with E-state index in [1.165, 1.54) is 0 Å². The monoisotopic (exact) mass is 236 g/mol. The van der Waals surface area contributed by atoms with E-state index in [0.29, 0.717) is 13.2 Å². The lowest BCUT2D eigenvalue weighted by Crippen LogP contribution is -2.18. The predicted octanol–water partition coefficient (Wildman–Crippen LogP) is 1.37. The first-order chi connectivity index (χ1) is 8.23. The van der Waals surface area contributed by atoms with Crippen molar-refractivity contribution < 1.29 is 19.3 Å². The summed E-state index contributed by atoms with van der Waals surface area (Å²) in [5.41, 5.74) is -0.585. The topological polar surface area (TPSA) is 51.2 Å². The van der Waals surface area contributed by atoms with Gasteiger partial charge in [0.05, 0.1) is 12.2 Å². The van der Waals surface area contributed by atoms with Crippen molar-refractivity contribution in [3.05, 3.63) is 24.3 Å². The van der Waals surface area contributed by atoms with E-state index in [1.807, 2.05) is 24.3 Å². The molecule has 1 atom stereocenters. The third kappa shape index (κ3) is 3.11. The first-order valence-electron chi connectivity index (χ1n) is 5.93. The Morgan fingerprint density at radius 3 is 2.65 bits per heavy atom. The fourth-order valence-corrected chi connectivity index (χ4v) is 1.51. The van der Waals surface area contributed by atoms with Crippen LogP contribution in [-0.2, 0) is 4.74 Å². The second kappa shape index (κ2) is 4.20. The third-order valence-corrected chi connectivity index (χ3v) is 2.98. The average molecular weight is 236 g/mol. The number of hydrogen-bond donors (Lipinski definition) is 1. The number of benzene rings is 1. The van der Waals surface area contributed by atoms with Gasteiger partial charge in [-0.15, -0.1) is 0 Å². The largest absolute Gasteiger partial charge is 0.491 e. The van der Waals surface area contributed by atoms with Gasteiger partial charge in [0.25, 0.3) is 0 Å².